The lowest BCUT2D eigenvalue weighted by Gasteiger charge is -2.09. The zero-order chi connectivity index (χ0) is 23.8. The molecule has 5 nitrogen and oxygen atoms in total. The molecular formula is C28H24BrNO4. The van der Waals surface area contributed by atoms with Crippen molar-refractivity contribution in [2.45, 2.75) is 27.0 Å². The number of methoxy groups -OCH3 is 1. The summed E-state index contributed by atoms with van der Waals surface area (Å²) in [5.74, 6) is 2.15. The number of halogens is 1. The first kappa shape index (κ1) is 22.3. The molecule has 1 aromatic heterocycles. The Balaban J connectivity index is 1.45. The number of aryl methyl sites for hydroxylation is 2. The molecule has 5 rings (SSSR count). The number of benzene rings is 3. The highest BCUT2D eigenvalue weighted by Gasteiger charge is 2.30. The van der Waals surface area contributed by atoms with Crippen LogP contribution in [0.5, 0.6) is 17.2 Å². The van der Waals surface area contributed by atoms with Crippen LogP contribution in [0.3, 0.4) is 0 Å². The topological polar surface area (TPSA) is 49.7 Å². The van der Waals surface area contributed by atoms with Gasteiger partial charge in [-0.25, -0.2) is 0 Å². The Kier molecular flexibility index (Phi) is 5.92. The maximum absolute atomic E-state index is 13.2. The van der Waals surface area contributed by atoms with E-state index in [1.165, 1.54) is 0 Å². The van der Waals surface area contributed by atoms with E-state index in [0.717, 1.165) is 44.4 Å². The number of carbonyl (C=O) groups excluding carboxylic acids is 1. The van der Waals surface area contributed by atoms with E-state index in [9.17, 15) is 4.79 Å². The molecule has 0 aliphatic carbocycles. The van der Waals surface area contributed by atoms with E-state index in [4.69, 9.17) is 14.2 Å². The summed E-state index contributed by atoms with van der Waals surface area (Å²) in [5, 5.41) is 1.01. The van der Waals surface area contributed by atoms with Gasteiger partial charge in [-0.05, 0) is 67.4 Å². The van der Waals surface area contributed by atoms with Crippen LogP contribution in [0.4, 0.5) is 0 Å². The molecule has 1 aliphatic heterocycles. The van der Waals surface area contributed by atoms with E-state index >= 15 is 0 Å². The van der Waals surface area contributed by atoms with E-state index in [1.807, 2.05) is 67.7 Å². The Morgan fingerprint density at radius 1 is 1.06 bits per heavy atom. The Morgan fingerprint density at radius 2 is 1.85 bits per heavy atom. The third-order valence-corrected chi connectivity index (χ3v) is 6.54. The molecule has 0 atom stereocenters. The molecule has 34 heavy (non-hydrogen) atoms. The van der Waals surface area contributed by atoms with Gasteiger partial charge in [-0.3, -0.25) is 4.79 Å². The summed E-state index contributed by atoms with van der Waals surface area (Å²) in [4.78, 5) is 13.2. The SMILES string of the molecule is CCn1cc(/C=C2\Oc3cc(OCc4ccc(Br)cc4)cc(C)c3C2=O)c2cc(OC)ccc21. The summed E-state index contributed by atoms with van der Waals surface area (Å²) in [6, 6.07) is 17.6. The highest BCUT2D eigenvalue weighted by atomic mass is 79.9. The van der Waals surface area contributed by atoms with Crippen molar-refractivity contribution in [2.75, 3.05) is 7.11 Å². The van der Waals surface area contributed by atoms with Crippen molar-refractivity contribution in [2.24, 2.45) is 0 Å². The number of aromatic nitrogens is 1. The number of hydrogen-bond acceptors (Lipinski definition) is 4. The van der Waals surface area contributed by atoms with Crippen molar-refractivity contribution in [3.05, 3.63) is 93.3 Å². The number of hydrogen-bond donors (Lipinski definition) is 0. The van der Waals surface area contributed by atoms with Gasteiger partial charge in [-0.1, -0.05) is 28.1 Å². The molecular weight excluding hydrogens is 494 g/mol. The molecule has 0 bridgehead atoms. The fourth-order valence-electron chi connectivity index (χ4n) is 4.26. The number of Topliss-reactive ketones (excluding diaryl/α,β-unsaturated/α-hetero) is 1. The number of rotatable bonds is 6. The fraction of sp³-hybridized carbons (Fsp3) is 0.179. The Hall–Kier alpha value is -3.51. The predicted molar refractivity (Wildman–Crippen MR) is 137 cm³/mol. The summed E-state index contributed by atoms with van der Waals surface area (Å²) in [7, 11) is 1.65. The third kappa shape index (κ3) is 4.10. The van der Waals surface area contributed by atoms with Gasteiger partial charge in [0.1, 0.15) is 23.9 Å². The van der Waals surface area contributed by atoms with Crippen LogP contribution in [0.2, 0.25) is 0 Å². The maximum atomic E-state index is 13.2. The second-order valence-corrected chi connectivity index (χ2v) is 9.14. The molecule has 6 heteroatoms. The number of ketones is 1. The maximum Gasteiger partial charge on any atom is 0.232 e. The molecule has 2 heterocycles. The van der Waals surface area contributed by atoms with Gasteiger partial charge < -0.3 is 18.8 Å². The van der Waals surface area contributed by atoms with Crippen LogP contribution < -0.4 is 14.2 Å². The minimum Gasteiger partial charge on any atom is -0.497 e. The van der Waals surface area contributed by atoms with Crippen molar-refractivity contribution < 1.29 is 19.0 Å². The van der Waals surface area contributed by atoms with E-state index < -0.39 is 0 Å². The zero-order valence-electron chi connectivity index (χ0n) is 19.2. The average Bonchev–Trinajstić information content (AvgIpc) is 3.35. The van der Waals surface area contributed by atoms with Gasteiger partial charge in [0.05, 0.1) is 12.7 Å². The van der Waals surface area contributed by atoms with Crippen LogP contribution in [-0.2, 0) is 13.2 Å². The van der Waals surface area contributed by atoms with Gasteiger partial charge in [0.2, 0.25) is 5.78 Å². The Labute approximate surface area is 206 Å². The summed E-state index contributed by atoms with van der Waals surface area (Å²) in [6.45, 7) is 5.25. The predicted octanol–water partition coefficient (Wildman–Crippen LogP) is 6.94. The first-order valence-electron chi connectivity index (χ1n) is 11.1. The lowest BCUT2D eigenvalue weighted by atomic mass is 10.0. The lowest BCUT2D eigenvalue weighted by molar-refractivity contribution is 0.101. The molecule has 0 fully saturated rings. The highest BCUT2D eigenvalue weighted by Crippen LogP contribution is 2.38. The number of carbonyl (C=O) groups is 1. The Morgan fingerprint density at radius 3 is 2.59 bits per heavy atom. The first-order chi connectivity index (χ1) is 16.5. The van der Waals surface area contributed by atoms with Gasteiger partial charge in [-0.15, -0.1) is 0 Å². The summed E-state index contributed by atoms with van der Waals surface area (Å²) < 4.78 is 20.6. The van der Waals surface area contributed by atoms with Crippen molar-refractivity contribution in [3.63, 3.8) is 0 Å². The van der Waals surface area contributed by atoms with Crippen LogP contribution in [0.25, 0.3) is 17.0 Å². The molecule has 172 valence electrons. The molecule has 1 aliphatic rings. The van der Waals surface area contributed by atoms with Crippen LogP contribution in [0.1, 0.15) is 34.0 Å². The van der Waals surface area contributed by atoms with Crippen molar-refractivity contribution >= 4 is 38.7 Å². The van der Waals surface area contributed by atoms with Crippen molar-refractivity contribution in [3.8, 4) is 17.2 Å². The third-order valence-electron chi connectivity index (χ3n) is 6.01. The van der Waals surface area contributed by atoms with Gasteiger partial charge >= 0.3 is 0 Å². The summed E-state index contributed by atoms with van der Waals surface area (Å²) >= 11 is 3.44. The van der Waals surface area contributed by atoms with Crippen molar-refractivity contribution in [1.82, 2.24) is 4.57 Å². The number of allylic oxidation sites excluding steroid dienone is 1. The molecule has 3 aromatic carbocycles. The minimum absolute atomic E-state index is 0.118. The van der Waals surface area contributed by atoms with Crippen LogP contribution in [0, 0.1) is 6.92 Å². The second kappa shape index (κ2) is 9.03. The van der Waals surface area contributed by atoms with Crippen LogP contribution >= 0.6 is 15.9 Å². The van der Waals surface area contributed by atoms with E-state index in [1.54, 1.807) is 13.2 Å². The standard InChI is InChI=1S/C28H24BrNO4/c1-4-30-15-19(23-13-21(32-3)9-10-24(23)30)12-26-28(31)27-17(2)11-22(14-25(27)34-26)33-16-18-5-7-20(29)8-6-18/h5-15H,4,16H2,1-3H3/b26-12-. The molecule has 0 amide bonds. The normalized spacial score (nSPS) is 13.9. The quantitative estimate of drug-likeness (QED) is 0.260. The molecule has 0 spiro atoms. The fourth-order valence-corrected chi connectivity index (χ4v) is 4.52. The highest BCUT2D eigenvalue weighted by molar-refractivity contribution is 9.10. The molecule has 0 unspecified atom stereocenters. The summed E-state index contributed by atoms with van der Waals surface area (Å²) in [6.07, 6.45) is 3.86. The zero-order valence-corrected chi connectivity index (χ0v) is 20.8. The number of nitrogens with zero attached hydrogens (tertiary/aromatic N) is 1. The largest absolute Gasteiger partial charge is 0.497 e. The molecule has 4 aromatic rings. The number of ether oxygens (including phenoxy) is 3. The van der Waals surface area contributed by atoms with Gasteiger partial charge in [-0.2, -0.15) is 0 Å². The van der Waals surface area contributed by atoms with E-state index in [2.05, 4.69) is 27.4 Å². The van der Waals surface area contributed by atoms with Crippen molar-refractivity contribution in [1.29, 1.82) is 0 Å². The van der Waals surface area contributed by atoms with Gasteiger partial charge in [0, 0.05) is 39.7 Å². The van der Waals surface area contributed by atoms with E-state index in [-0.39, 0.29) is 5.78 Å². The smallest absolute Gasteiger partial charge is 0.232 e. The Bertz CT molecular complexity index is 1430. The van der Waals surface area contributed by atoms with Gasteiger partial charge in [0.25, 0.3) is 0 Å². The molecule has 0 saturated heterocycles. The second-order valence-electron chi connectivity index (χ2n) is 8.22. The van der Waals surface area contributed by atoms with Crippen LogP contribution in [-0.4, -0.2) is 17.5 Å². The van der Waals surface area contributed by atoms with E-state index in [0.29, 0.717) is 29.4 Å². The lowest BCUT2D eigenvalue weighted by Crippen LogP contribution is -2.00. The first-order valence-corrected chi connectivity index (χ1v) is 11.9. The van der Waals surface area contributed by atoms with Gasteiger partial charge in [0.15, 0.2) is 5.76 Å². The summed E-state index contributed by atoms with van der Waals surface area (Å²) in [5.41, 5.74) is 4.46. The molecule has 0 saturated carbocycles. The minimum atomic E-state index is -0.118. The monoisotopic (exact) mass is 517 g/mol. The van der Waals surface area contributed by atoms with Crippen LogP contribution in [0.15, 0.2) is 71.0 Å². The number of fused-ring (bicyclic) bond motifs is 2. The molecule has 0 N–H and O–H groups in total. The molecule has 0 radical (unpaired) electrons. The average molecular weight is 518 g/mol.